The molecule has 3 heteroatoms. The average Bonchev–Trinajstić information content (AvgIpc) is 2.49. The highest BCUT2D eigenvalue weighted by molar-refractivity contribution is 5.78. The van der Waals surface area contributed by atoms with Gasteiger partial charge in [-0.05, 0) is 62.9 Å². The fraction of sp³-hybridized carbons (Fsp3) is 0.350. The monoisotopic (exact) mass is 311 g/mol. The Kier molecular flexibility index (Phi) is 5.43. The van der Waals surface area contributed by atoms with Crippen LogP contribution in [0.4, 0.5) is 0 Å². The topological polar surface area (TPSA) is 38.3 Å². The second kappa shape index (κ2) is 7.32. The van der Waals surface area contributed by atoms with Crippen LogP contribution in [0.2, 0.25) is 0 Å². The van der Waals surface area contributed by atoms with Gasteiger partial charge in [0.2, 0.25) is 0 Å². The second-order valence-corrected chi connectivity index (χ2v) is 6.19. The summed E-state index contributed by atoms with van der Waals surface area (Å²) in [6.07, 6.45) is 0. The van der Waals surface area contributed by atoms with Gasteiger partial charge in [0.25, 0.3) is 5.91 Å². The van der Waals surface area contributed by atoms with E-state index in [9.17, 15) is 4.79 Å². The molecule has 0 saturated carbocycles. The lowest BCUT2D eigenvalue weighted by atomic mass is 10.0. The number of rotatable bonds is 5. The first-order valence-electron chi connectivity index (χ1n) is 7.93. The van der Waals surface area contributed by atoms with Crippen LogP contribution in [0.15, 0.2) is 36.4 Å². The van der Waals surface area contributed by atoms with E-state index < -0.39 is 0 Å². The molecule has 23 heavy (non-hydrogen) atoms. The van der Waals surface area contributed by atoms with Gasteiger partial charge in [-0.25, -0.2) is 0 Å². The summed E-state index contributed by atoms with van der Waals surface area (Å²) < 4.78 is 5.62. The van der Waals surface area contributed by atoms with Gasteiger partial charge in [-0.1, -0.05) is 35.9 Å². The molecule has 0 unspecified atom stereocenters. The first-order valence-corrected chi connectivity index (χ1v) is 7.93. The van der Waals surface area contributed by atoms with Gasteiger partial charge in [0.1, 0.15) is 5.75 Å². The molecular weight excluding hydrogens is 286 g/mol. The molecule has 1 atom stereocenters. The minimum atomic E-state index is -0.115. The Balaban J connectivity index is 1.92. The summed E-state index contributed by atoms with van der Waals surface area (Å²) in [6.45, 7) is 10.2. The molecule has 0 aliphatic heterocycles. The highest BCUT2D eigenvalue weighted by Gasteiger charge is 2.11. The smallest absolute Gasteiger partial charge is 0.258 e. The van der Waals surface area contributed by atoms with E-state index in [2.05, 4.69) is 37.4 Å². The number of ether oxygens (including phenoxy) is 1. The molecule has 122 valence electrons. The molecule has 2 aromatic rings. The van der Waals surface area contributed by atoms with E-state index in [1.54, 1.807) is 0 Å². The van der Waals surface area contributed by atoms with Crippen LogP contribution in [0.1, 0.15) is 40.8 Å². The Morgan fingerprint density at radius 2 is 1.74 bits per heavy atom. The molecule has 0 fully saturated rings. The first kappa shape index (κ1) is 17.1. The van der Waals surface area contributed by atoms with E-state index in [0.717, 1.165) is 16.9 Å². The summed E-state index contributed by atoms with van der Waals surface area (Å²) in [7, 11) is 0. The van der Waals surface area contributed by atoms with Crippen LogP contribution in [-0.2, 0) is 4.79 Å². The van der Waals surface area contributed by atoms with Crippen molar-refractivity contribution in [3.8, 4) is 5.75 Å². The van der Waals surface area contributed by atoms with Crippen molar-refractivity contribution in [3.05, 3.63) is 64.2 Å². The summed E-state index contributed by atoms with van der Waals surface area (Å²) >= 11 is 0. The maximum absolute atomic E-state index is 12.1. The lowest BCUT2D eigenvalue weighted by Gasteiger charge is -2.16. The Morgan fingerprint density at radius 1 is 1.00 bits per heavy atom. The molecule has 0 spiro atoms. The van der Waals surface area contributed by atoms with Crippen LogP contribution < -0.4 is 10.1 Å². The predicted octanol–water partition coefficient (Wildman–Crippen LogP) is 4.18. The van der Waals surface area contributed by atoms with E-state index in [1.807, 2.05) is 39.0 Å². The molecule has 1 amide bonds. The summed E-state index contributed by atoms with van der Waals surface area (Å²) in [4.78, 5) is 12.1. The lowest BCUT2D eigenvalue weighted by Crippen LogP contribution is -2.31. The number of amides is 1. The van der Waals surface area contributed by atoms with Crippen LogP contribution in [0.5, 0.6) is 5.75 Å². The zero-order valence-corrected chi connectivity index (χ0v) is 14.6. The van der Waals surface area contributed by atoms with Crippen LogP contribution in [0, 0.1) is 27.7 Å². The third-order valence-electron chi connectivity index (χ3n) is 4.10. The van der Waals surface area contributed by atoms with E-state index in [1.165, 1.54) is 16.7 Å². The molecule has 0 aliphatic rings. The van der Waals surface area contributed by atoms with E-state index >= 15 is 0 Å². The Hall–Kier alpha value is -2.29. The number of carbonyl (C=O) groups excluding carboxylic acids is 1. The molecule has 2 rings (SSSR count). The van der Waals surface area contributed by atoms with Gasteiger partial charge < -0.3 is 10.1 Å². The second-order valence-electron chi connectivity index (χ2n) is 6.19. The van der Waals surface area contributed by atoms with E-state index in [4.69, 9.17) is 4.74 Å². The maximum Gasteiger partial charge on any atom is 0.258 e. The van der Waals surface area contributed by atoms with Crippen LogP contribution in [0.25, 0.3) is 0 Å². The largest absolute Gasteiger partial charge is 0.484 e. The average molecular weight is 311 g/mol. The van der Waals surface area contributed by atoms with Gasteiger partial charge in [0.15, 0.2) is 6.61 Å². The molecular formula is C20H25NO2. The van der Waals surface area contributed by atoms with Crippen molar-refractivity contribution in [2.45, 2.75) is 40.7 Å². The number of benzene rings is 2. The number of hydrogen-bond acceptors (Lipinski definition) is 2. The molecule has 0 saturated heterocycles. The van der Waals surface area contributed by atoms with Gasteiger partial charge in [0.05, 0.1) is 6.04 Å². The standard InChI is InChI=1S/C20H25NO2/c1-13-6-9-19(16(4)10-13)23-12-20(22)21-17(5)18-8-7-14(2)15(3)11-18/h6-11,17H,12H2,1-5H3,(H,21,22)/t17-/m1/s1. The number of carbonyl (C=O) groups is 1. The molecule has 0 bridgehead atoms. The van der Waals surface area contributed by atoms with Crippen LogP contribution in [-0.4, -0.2) is 12.5 Å². The summed E-state index contributed by atoms with van der Waals surface area (Å²) in [6, 6.07) is 12.2. The summed E-state index contributed by atoms with van der Waals surface area (Å²) in [5.41, 5.74) is 5.82. The van der Waals surface area contributed by atoms with Gasteiger partial charge in [0, 0.05) is 0 Å². The van der Waals surface area contributed by atoms with Crippen molar-refractivity contribution in [1.82, 2.24) is 5.32 Å². The van der Waals surface area contributed by atoms with Crippen LogP contribution in [0.3, 0.4) is 0 Å². The zero-order valence-electron chi connectivity index (χ0n) is 14.6. The highest BCUT2D eigenvalue weighted by atomic mass is 16.5. The third kappa shape index (κ3) is 4.59. The molecule has 1 N–H and O–H groups in total. The van der Waals surface area contributed by atoms with Crippen LogP contribution >= 0.6 is 0 Å². The number of hydrogen-bond donors (Lipinski definition) is 1. The predicted molar refractivity (Wildman–Crippen MR) is 93.9 cm³/mol. The van der Waals surface area contributed by atoms with Crippen molar-refractivity contribution < 1.29 is 9.53 Å². The molecule has 0 radical (unpaired) electrons. The number of aryl methyl sites for hydroxylation is 4. The van der Waals surface area contributed by atoms with Gasteiger partial charge in [-0.3, -0.25) is 4.79 Å². The summed E-state index contributed by atoms with van der Waals surface area (Å²) in [5.74, 6) is 0.639. The van der Waals surface area contributed by atoms with Crippen molar-refractivity contribution in [2.75, 3.05) is 6.61 Å². The van der Waals surface area contributed by atoms with Crippen molar-refractivity contribution in [3.63, 3.8) is 0 Å². The molecule has 0 aromatic heterocycles. The molecule has 2 aromatic carbocycles. The minimum Gasteiger partial charge on any atom is -0.484 e. The summed E-state index contributed by atoms with van der Waals surface area (Å²) in [5, 5.41) is 2.98. The highest BCUT2D eigenvalue weighted by Crippen LogP contribution is 2.19. The SMILES string of the molecule is Cc1ccc(OCC(=O)N[C@H](C)c2ccc(C)c(C)c2)c(C)c1. The molecule has 0 heterocycles. The first-order chi connectivity index (χ1) is 10.9. The van der Waals surface area contributed by atoms with E-state index in [0.29, 0.717) is 0 Å². The van der Waals surface area contributed by atoms with Gasteiger partial charge in [-0.2, -0.15) is 0 Å². The Labute approximate surface area is 138 Å². The zero-order chi connectivity index (χ0) is 17.0. The van der Waals surface area contributed by atoms with Crippen molar-refractivity contribution >= 4 is 5.91 Å². The van der Waals surface area contributed by atoms with Crippen molar-refractivity contribution in [2.24, 2.45) is 0 Å². The van der Waals surface area contributed by atoms with Crippen molar-refractivity contribution in [1.29, 1.82) is 0 Å². The molecule has 3 nitrogen and oxygen atoms in total. The third-order valence-corrected chi connectivity index (χ3v) is 4.10. The quantitative estimate of drug-likeness (QED) is 0.899. The Morgan fingerprint density at radius 3 is 2.39 bits per heavy atom. The number of nitrogens with one attached hydrogen (secondary N) is 1. The Bertz CT molecular complexity index is 707. The normalized spacial score (nSPS) is 11.9. The maximum atomic E-state index is 12.1. The lowest BCUT2D eigenvalue weighted by molar-refractivity contribution is -0.123. The van der Waals surface area contributed by atoms with Gasteiger partial charge in [-0.15, -0.1) is 0 Å². The van der Waals surface area contributed by atoms with E-state index in [-0.39, 0.29) is 18.6 Å². The minimum absolute atomic E-state index is 0.0269. The molecule has 0 aliphatic carbocycles. The fourth-order valence-electron chi connectivity index (χ4n) is 2.51. The van der Waals surface area contributed by atoms with Gasteiger partial charge >= 0.3 is 0 Å². The fourth-order valence-corrected chi connectivity index (χ4v) is 2.51.